The van der Waals surface area contributed by atoms with E-state index in [2.05, 4.69) is 4.90 Å². The van der Waals surface area contributed by atoms with Crippen LogP contribution in [0.3, 0.4) is 0 Å². The first-order valence-corrected chi connectivity index (χ1v) is 9.54. The molecule has 1 saturated heterocycles. The topological polar surface area (TPSA) is 75.9 Å². The molecule has 3 rings (SSSR count). The summed E-state index contributed by atoms with van der Waals surface area (Å²) in [5.41, 5.74) is 1.18. The van der Waals surface area contributed by atoms with Crippen LogP contribution < -0.4 is 4.90 Å². The molecule has 1 saturated carbocycles. The van der Waals surface area contributed by atoms with Crippen LogP contribution in [0, 0.1) is 10.1 Å². The van der Waals surface area contributed by atoms with Crippen LogP contribution >= 0.6 is 0 Å². The van der Waals surface area contributed by atoms with Crippen LogP contribution in [-0.4, -0.2) is 54.6 Å². The Morgan fingerprint density at radius 1 is 1.27 bits per heavy atom. The summed E-state index contributed by atoms with van der Waals surface area (Å²) in [5.74, 6) is -0.0930. The standard InChI is InChI=1S/C19H27N3O4/c1-2-21(15-6-4-3-5-7-15)19(23)17-14-16(22(24)25)8-9-18(17)20-10-12-26-13-11-20/h8-9,14-15H,2-7,10-13H2,1H3. The summed E-state index contributed by atoms with van der Waals surface area (Å²) in [6, 6.07) is 4.88. The van der Waals surface area contributed by atoms with Crippen LogP contribution in [-0.2, 0) is 4.74 Å². The van der Waals surface area contributed by atoms with Crippen LogP contribution in [0.2, 0.25) is 0 Å². The maximum atomic E-state index is 13.4. The van der Waals surface area contributed by atoms with Crippen molar-refractivity contribution in [3.8, 4) is 0 Å². The third-order valence-corrected chi connectivity index (χ3v) is 5.39. The summed E-state index contributed by atoms with van der Waals surface area (Å²) >= 11 is 0. The summed E-state index contributed by atoms with van der Waals surface area (Å²) < 4.78 is 5.40. The number of rotatable bonds is 5. The summed E-state index contributed by atoms with van der Waals surface area (Å²) in [5, 5.41) is 11.3. The van der Waals surface area contributed by atoms with E-state index in [1.54, 1.807) is 6.07 Å². The third-order valence-electron chi connectivity index (χ3n) is 5.39. The fraction of sp³-hybridized carbons (Fsp3) is 0.632. The molecule has 2 fully saturated rings. The minimum atomic E-state index is -0.434. The van der Waals surface area contributed by atoms with Crippen molar-refractivity contribution in [2.24, 2.45) is 0 Å². The van der Waals surface area contributed by atoms with Gasteiger partial charge in [-0.3, -0.25) is 14.9 Å². The van der Waals surface area contributed by atoms with Gasteiger partial charge in [0.15, 0.2) is 0 Å². The highest BCUT2D eigenvalue weighted by Gasteiger charge is 2.29. The summed E-state index contributed by atoms with van der Waals surface area (Å²) in [7, 11) is 0. The van der Waals surface area contributed by atoms with E-state index in [0.717, 1.165) is 31.4 Å². The largest absolute Gasteiger partial charge is 0.378 e. The maximum absolute atomic E-state index is 13.4. The normalized spacial score (nSPS) is 18.6. The van der Waals surface area contributed by atoms with E-state index in [1.807, 2.05) is 11.8 Å². The van der Waals surface area contributed by atoms with E-state index in [1.165, 1.54) is 18.6 Å². The Kier molecular flexibility index (Phi) is 6.08. The predicted octanol–water partition coefficient (Wildman–Crippen LogP) is 3.23. The first-order chi connectivity index (χ1) is 12.6. The van der Waals surface area contributed by atoms with Crippen molar-refractivity contribution in [2.45, 2.75) is 45.1 Å². The van der Waals surface area contributed by atoms with Gasteiger partial charge in [-0.2, -0.15) is 0 Å². The van der Waals surface area contributed by atoms with Gasteiger partial charge in [-0.05, 0) is 25.8 Å². The molecule has 142 valence electrons. The van der Waals surface area contributed by atoms with Gasteiger partial charge in [0.1, 0.15) is 0 Å². The van der Waals surface area contributed by atoms with Gasteiger partial charge in [0.2, 0.25) is 0 Å². The SMILES string of the molecule is CCN(C(=O)c1cc([N+](=O)[O-])ccc1N1CCOCC1)C1CCCCC1. The molecule has 0 radical (unpaired) electrons. The summed E-state index contributed by atoms with van der Waals surface area (Å²) in [6.45, 7) is 5.18. The van der Waals surface area contributed by atoms with Gasteiger partial charge in [0, 0.05) is 37.8 Å². The van der Waals surface area contributed by atoms with Crippen LogP contribution in [0.25, 0.3) is 0 Å². The number of benzene rings is 1. The Bertz CT molecular complexity index is 652. The van der Waals surface area contributed by atoms with E-state index < -0.39 is 4.92 Å². The van der Waals surface area contributed by atoms with Crippen molar-refractivity contribution in [1.82, 2.24) is 4.90 Å². The number of nitro groups is 1. The molecular formula is C19H27N3O4. The molecule has 7 heteroatoms. The summed E-state index contributed by atoms with van der Waals surface area (Å²) in [4.78, 5) is 28.2. The molecule has 0 bridgehead atoms. The fourth-order valence-corrected chi connectivity index (χ4v) is 4.00. The Balaban J connectivity index is 1.94. The molecule has 1 aromatic rings. The minimum absolute atomic E-state index is 0.0370. The van der Waals surface area contributed by atoms with Gasteiger partial charge >= 0.3 is 0 Å². The Morgan fingerprint density at radius 3 is 2.58 bits per heavy atom. The first-order valence-electron chi connectivity index (χ1n) is 9.54. The first kappa shape index (κ1) is 18.6. The quantitative estimate of drug-likeness (QED) is 0.594. The van der Waals surface area contributed by atoms with Gasteiger partial charge in [-0.1, -0.05) is 19.3 Å². The monoisotopic (exact) mass is 361 g/mol. The number of hydrogen-bond donors (Lipinski definition) is 0. The smallest absolute Gasteiger partial charge is 0.270 e. The van der Waals surface area contributed by atoms with E-state index in [4.69, 9.17) is 4.74 Å². The van der Waals surface area contributed by atoms with Crippen molar-refractivity contribution in [3.05, 3.63) is 33.9 Å². The lowest BCUT2D eigenvalue weighted by Crippen LogP contribution is -2.43. The highest BCUT2D eigenvalue weighted by Crippen LogP contribution is 2.30. The van der Waals surface area contributed by atoms with Crippen molar-refractivity contribution >= 4 is 17.3 Å². The molecule has 0 N–H and O–H groups in total. The molecule has 1 amide bonds. The molecule has 2 aliphatic rings. The van der Waals surface area contributed by atoms with Crippen molar-refractivity contribution < 1.29 is 14.5 Å². The van der Waals surface area contributed by atoms with Crippen LogP contribution in [0.5, 0.6) is 0 Å². The number of anilines is 1. The lowest BCUT2D eigenvalue weighted by Gasteiger charge is -2.35. The van der Waals surface area contributed by atoms with E-state index in [-0.39, 0.29) is 17.6 Å². The molecule has 7 nitrogen and oxygen atoms in total. The zero-order valence-corrected chi connectivity index (χ0v) is 15.4. The van der Waals surface area contributed by atoms with Crippen molar-refractivity contribution in [2.75, 3.05) is 37.7 Å². The van der Waals surface area contributed by atoms with E-state index in [9.17, 15) is 14.9 Å². The molecule has 0 spiro atoms. The third kappa shape index (κ3) is 3.98. The lowest BCUT2D eigenvalue weighted by atomic mass is 9.93. The Labute approximate surface area is 154 Å². The molecule has 1 aliphatic heterocycles. The highest BCUT2D eigenvalue weighted by molar-refractivity contribution is 6.00. The van der Waals surface area contributed by atoms with Crippen LogP contribution in [0.4, 0.5) is 11.4 Å². The average molecular weight is 361 g/mol. The lowest BCUT2D eigenvalue weighted by molar-refractivity contribution is -0.384. The molecule has 0 aromatic heterocycles. The zero-order valence-electron chi connectivity index (χ0n) is 15.4. The summed E-state index contributed by atoms with van der Waals surface area (Å²) in [6.07, 6.45) is 5.53. The number of ether oxygens (including phenoxy) is 1. The number of morpholine rings is 1. The number of nitrogens with zero attached hydrogens (tertiary/aromatic N) is 3. The number of non-ortho nitro benzene ring substituents is 1. The van der Waals surface area contributed by atoms with Crippen molar-refractivity contribution in [3.63, 3.8) is 0 Å². The molecule has 1 aliphatic carbocycles. The average Bonchev–Trinajstić information content (AvgIpc) is 2.69. The van der Waals surface area contributed by atoms with E-state index >= 15 is 0 Å². The van der Waals surface area contributed by atoms with Gasteiger partial charge < -0.3 is 14.5 Å². The van der Waals surface area contributed by atoms with Crippen molar-refractivity contribution in [1.29, 1.82) is 0 Å². The number of nitro benzene ring substituents is 1. The molecule has 0 unspecified atom stereocenters. The van der Waals surface area contributed by atoms with Gasteiger partial charge in [0.25, 0.3) is 11.6 Å². The van der Waals surface area contributed by atoms with E-state index in [0.29, 0.717) is 38.4 Å². The minimum Gasteiger partial charge on any atom is -0.378 e. The van der Waals surface area contributed by atoms with Crippen LogP contribution in [0.15, 0.2) is 18.2 Å². The van der Waals surface area contributed by atoms with Gasteiger partial charge in [-0.15, -0.1) is 0 Å². The second-order valence-electron chi connectivity index (χ2n) is 6.94. The second-order valence-corrected chi connectivity index (χ2v) is 6.94. The Hall–Kier alpha value is -2.15. The van der Waals surface area contributed by atoms with Gasteiger partial charge in [0.05, 0.1) is 29.4 Å². The maximum Gasteiger partial charge on any atom is 0.270 e. The molecule has 1 heterocycles. The molecular weight excluding hydrogens is 334 g/mol. The number of carbonyl (C=O) groups excluding carboxylic acids is 1. The molecule has 1 aromatic carbocycles. The number of amides is 1. The van der Waals surface area contributed by atoms with Crippen LogP contribution in [0.1, 0.15) is 49.4 Å². The number of hydrogen-bond acceptors (Lipinski definition) is 5. The predicted molar refractivity (Wildman–Crippen MR) is 99.7 cm³/mol. The Morgan fingerprint density at radius 2 is 1.96 bits per heavy atom. The zero-order chi connectivity index (χ0) is 18.5. The van der Waals surface area contributed by atoms with Gasteiger partial charge in [-0.25, -0.2) is 0 Å². The number of carbonyl (C=O) groups is 1. The fourth-order valence-electron chi connectivity index (χ4n) is 4.00. The highest BCUT2D eigenvalue weighted by atomic mass is 16.6. The second kappa shape index (κ2) is 8.49. The molecule has 0 atom stereocenters. The molecule has 26 heavy (non-hydrogen) atoms.